The zero-order valence-corrected chi connectivity index (χ0v) is 23.0. The first kappa shape index (κ1) is 29.1. The zero-order chi connectivity index (χ0) is 29.0. The van der Waals surface area contributed by atoms with Crippen LogP contribution < -0.4 is 20.7 Å². The highest BCUT2D eigenvalue weighted by molar-refractivity contribution is 8.00. The van der Waals surface area contributed by atoms with E-state index < -0.39 is 17.6 Å². The third kappa shape index (κ3) is 8.81. The summed E-state index contributed by atoms with van der Waals surface area (Å²) in [7, 11) is 0. The normalized spacial score (nSPS) is 10.9. The Morgan fingerprint density at radius 3 is 2.32 bits per heavy atom. The molecule has 0 spiro atoms. The predicted octanol–water partition coefficient (Wildman–Crippen LogP) is 6.36. The molecular weight excluding hydrogens is 541 g/mol. The quantitative estimate of drug-likeness (QED) is 0.144. The molecule has 0 aromatic heterocycles. The van der Waals surface area contributed by atoms with Crippen LogP contribution in [0, 0.1) is 5.82 Å². The number of halogens is 1. The topological polar surface area (TPSA) is 96.5 Å². The van der Waals surface area contributed by atoms with Gasteiger partial charge in [0.15, 0.2) is 0 Å². The van der Waals surface area contributed by atoms with Gasteiger partial charge in [-0.1, -0.05) is 48.5 Å². The van der Waals surface area contributed by atoms with Crippen LogP contribution in [0.3, 0.4) is 0 Å². The molecule has 41 heavy (non-hydrogen) atoms. The number of anilines is 2. The van der Waals surface area contributed by atoms with E-state index in [1.807, 2.05) is 6.92 Å². The Morgan fingerprint density at radius 1 is 0.854 bits per heavy atom. The summed E-state index contributed by atoms with van der Waals surface area (Å²) in [6.07, 6.45) is 1.58. The van der Waals surface area contributed by atoms with Crippen LogP contribution >= 0.6 is 11.8 Å². The molecule has 208 valence electrons. The highest BCUT2D eigenvalue weighted by Gasteiger charge is 2.16. The molecule has 0 saturated carbocycles. The van der Waals surface area contributed by atoms with E-state index in [2.05, 4.69) is 16.0 Å². The molecule has 0 saturated heterocycles. The van der Waals surface area contributed by atoms with Crippen LogP contribution in [0.25, 0.3) is 6.08 Å². The number of hydrogen-bond donors (Lipinski definition) is 3. The molecule has 3 N–H and O–H groups in total. The van der Waals surface area contributed by atoms with Crippen molar-refractivity contribution in [3.8, 4) is 5.75 Å². The molecule has 0 atom stereocenters. The maximum atomic E-state index is 13.8. The molecule has 0 radical (unpaired) electrons. The molecular formula is C32H28FN3O4S. The maximum absolute atomic E-state index is 13.8. The van der Waals surface area contributed by atoms with Gasteiger partial charge in [0.25, 0.3) is 11.8 Å². The fourth-order valence-electron chi connectivity index (χ4n) is 3.70. The van der Waals surface area contributed by atoms with E-state index in [9.17, 15) is 18.8 Å². The Balaban J connectivity index is 1.46. The van der Waals surface area contributed by atoms with Crippen LogP contribution in [0.2, 0.25) is 0 Å². The minimum Gasteiger partial charge on any atom is -0.494 e. The van der Waals surface area contributed by atoms with E-state index >= 15 is 0 Å². The van der Waals surface area contributed by atoms with Crippen LogP contribution in [0.5, 0.6) is 5.75 Å². The van der Waals surface area contributed by atoms with Gasteiger partial charge in [-0.05, 0) is 73.2 Å². The lowest BCUT2D eigenvalue weighted by Crippen LogP contribution is -2.30. The molecule has 9 heteroatoms. The maximum Gasteiger partial charge on any atom is 0.272 e. The summed E-state index contributed by atoms with van der Waals surface area (Å²) < 4.78 is 19.3. The molecule has 0 heterocycles. The van der Waals surface area contributed by atoms with Crippen LogP contribution in [-0.4, -0.2) is 30.1 Å². The van der Waals surface area contributed by atoms with Crippen molar-refractivity contribution >= 4 is 46.9 Å². The van der Waals surface area contributed by atoms with Gasteiger partial charge in [-0.2, -0.15) is 0 Å². The average Bonchev–Trinajstić information content (AvgIpc) is 2.98. The van der Waals surface area contributed by atoms with Gasteiger partial charge in [-0.3, -0.25) is 14.4 Å². The second kappa shape index (κ2) is 14.5. The Kier molecular flexibility index (Phi) is 10.3. The summed E-state index contributed by atoms with van der Waals surface area (Å²) >= 11 is 1.24. The van der Waals surface area contributed by atoms with E-state index in [1.54, 1.807) is 97.1 Å². The molecule has 0 aliphatic heterocycles. The smallest absolute Gasteiger partial charge is 0.272 e. The number of carbonyl (C=O) groups is 3. The Labute approximate surface area is 241 Å². The van der Waals surface area contributed by atoms with E-state index in [4.69, 9.17) is 4.74 Å². The van der Waals surface area contributed by atoms with Crippen molar-refractivity contribution in [2.24, 2.45) is 0 Å². The molecule has 0 aliphatic carbocycles. The highest BCUT2D eigenvalue weighted by Crippen LogP contribution is 2.23. The van der Waals surface area contributed by atoms with Gasteiger partial charge in [-0.25, -0.2) is 4.39 Å². The van der Waals surface area contributed by atoms with Crippen LogP contribution in [0.15, 0.2) is 114 Å². The number of amides is 3. The van der Waals surface area contributed by atoms with E-state index in [0.717, 1.165) is 4.90 Å². The molecule has 4 rings (SSSR count). The lowest BCUT2D eigenvalue weighted by atomic mass is 10.1. The van der Waals surface area contributed by atoms with Crippen LogP contribution in [0.4, 0.5) is 15.8 Å². The number of carbonyl (C=O) groups excluding carboxylic acids is 3. The predicted molar refractivity (Wildman–Crippen MR) is 160 cm³/mol. The van der Waals surface area contributed by atoms with Crippen molar-refractivity contribution in [1.82, 2.24) is 5.32 Å². The molecule has 7 nitrogen and oxygen atoms in total. The first-order chi connectivity index (χ1) is 19.9. The van der Waals surface area contributed by atoms with Crippen LogP contribution in [0.1, 0.15) is 22.8 Å². The Bertz CT molecular complexity index is 1540. The molecule has 3 amide bonds. The van der Waals surface area contributed by atoms with Crippen molar-refractivity contribution in [2.75, 3.05) is 23.0 Å². The van der Waals surface area contributed by atoms with Gasteiger partial charge in [-0.15, -0.1) is 11.8 Å². The third-order valence-corrected chi connectivity index (χ3v) is 6.63. The van der Waals surface area contributed by atoms with Gasteiger partial charge in [0.1, 0.15) is 17.3 Å². The summed E-state index contributed by atoms with van der Waals surface area (Å²) in [4.78, 5) is 39.3. The van der Waals surface area contributed by atoms with E-state index in [0.29, 0.717) is 29.2 Å². The number of hydrogen-bond acceptors (Lipinski definition) is 5. The monoisotopic (exact) mass is 569 g/mol. The first-order valence-electron chi connectivity index (χ1n) is 12.8. The number of benzene rings is 4. The minimum atomic E-state index is -0.525. The van der Waals surface area contributed by atoms with Crippen LogP contribution in [-0.2, 0) is 9.59 Å². The second-order valence-electron chi connectivity index (χ2n) is 8.68. The molecule has 0 bridgehead atoms. The van der Waals surface area contributed by atoms with E-state index in [-0.39, 0.29) is 23.0 Å². The van der Waals surface area contributed by atoms with Crippen molar-refractivity contribution in [2.45, 2.75) is 11.8 Å². The molecule has 0 fully saturated rings. The summed E-state index contributed by atoms with van der Waals surface area (Å²) in [5.74, 6) is -1.09. The Hall–Kier alpha value is -4.89. The van der Waals surface area contributed by atoms with Crippen molar-refractivity contribution in [3.63, 3.8) is 0 Å². The number of para-hydroxylation sites is 1. The molecule has 0 unspecified atom stereocenters. The van der Waals surface area contributed by atoms with E-state index in [1.165, 1.54) is 23.9 Å². The van der Waals surface area contributed by atoms with Crippen molar-refractivity contribution in [3.05, 3.63) is 126 Å². The fourth-order valence-corrected chi connectivity index (χ4v) is 4.45. The second-order valence-corrected chi connectivity index (χ2v) is 9.73. The summed E-state index contributed by atoms with van der Waals surface area (Å²) in [5.41, 5.74) is 1.73. The van der Waals surface area contributed by atoms with Gasteiger partial charge in [0.2, 0.25) is 5.91 Å². The first-order valence-corrected chi connectivity index (χ1v) is 13.8. The lowest BCUT2D eigenvalue weighted by Gasteiger charge is -2.12. The number of nitrogens with one attached hydrogen (secondary N) is 3. The van der Waals surface area contributed by atoms with Gasteiger partial charge in [0.05, 0.1) is 18.0 Å². The zero-order valence-electron chi connectivity index (χ0n) is 22.2. The largest absolute Gasteiger partial charge is 0.494 e. The standard InChI is InChI=1S/C32H28FN3O4S/c1-2-40-25-17-15-22(16-18-25)19-29(36-31(38)23-9-4-3-5-10-23)32(39)34-24-11-8-12-26(20-24)41-21-30(37)35-28-14-7-6-13-27(28)33/h3-20H,2,21H2,1H3,(H,34,39)(H,35,37)(H,36,38)/b29-19+. The molecule has 4 aromatic carbocycles. The molecule has 0 aliphatic rings. The summed E-state index contributed by atoms with van der Waals surface area (Å²) in [5, 5.41) is 8.08. The van der Waals surface area contributed by atoms with Crippen molar-refractivity contribution in [1.29, 1.82) is 0 Å². The highest BCUT2D eigenvalue weighted by atomic mass is 32.2. The number of thioether (sulfide) groups is 1. The summed E-state index contributed by atoms with van der Waals surface area (Å²) in [6, 6.07) is 28.6. The minimum absolute atomic E-state index is 0.0434. The average molecular weight is 570 g/mol. The Morgan fingerprint density at radius 2 is 1.59 bits per heavy atom. The fraction of sp³-hybridized carbons (Fsp3) is 0.0938. The van der Waals surface area contributed by atoms with Gasteiger partial charge in [0, 0.05) is 16.1 Å². The lowest BCUT2D eigenvalue weighted by molar-refractivity contribution is -0.114. The number of ether oxygens (including phenoxy) is 1. The van der Waals surface area contributed by atoms with Gasteiger partial charge < -0.3 is 20.7 Å². The SMILES string of the molecule is CCOc1ccc(/C=C(/NC(=O)c2ccccc2)C(=O)Nc2cccc(SCC(=O)Nc3ccccc3F)c2)cc1. The number of rotatable bonds is 11. The van der Waals surface area contributed by atoms with Crippen molar-refractivity contribution < 1.29 is 23.5 Å². The van der Waals surface area contributed by atoms with Gasteiger partial charge >= 0.3 is 0 Å². The summed E-state index contributed by atoms with van der Waals surface area (Å²) in [6.45, 7) is 2.42. The third-order valence-electron chi connectivity index (χ3n) is 5.64. The molecule has 4 aromatic rings.